The molecule has 0 amide bonds. The first-order chi connectivity index (χ1) is 10.8. The Kier molecular flexibility index (Phi) is 5.20. The van der Waals surface area contributed by atoms with Gasteiger partial charge in [-0.2, -0.15) is 5.10 Å². The second-order valence-electron chi connectivity index (χ2n) is 5.76. The predicted molar refractivity (Wildman–Crippen MR) is 89.5 cm³/mol. The van der Waals surface area contributed by atoms with Gasteiger partial charge in [-0.25, -0.2) is 9.67 Å². The average molecular weight is 354 g/mol. The Bertz CT molecular complexity index is 711. The summed E-state index contributed by atoms with van der Waals surface area (Å²) in [4.78, 5) is 3.87. The molecule has 0 aliphatic rings. The molecule has 7 heteroatoms. The Hall–Kier alpha value is -1.74. The van der Waals surface area contributed by atoms with Crippen LogP contribution in [0.25, 0.3) is 0 Å². The molecule has 0 fully saturated rings. The van der Waals surface area contributed by atoms with E-state index in [0.717, 1.165) is 0 Å². The van der Waals surface area contributed by atoms with Crippen molar-refractivity contribution in [3.63, 3.8) is 0 Å². The van der Waals surface area contributed by atoms with Crippen LogP contribution in [0.4, 0.5) is 0 Å². The second-order valence-corrected chi connectivity index (χ2v) is 6.60. The number of benzene rings is 1. The summed E-state index contributed by atoms with van der Waals surface area (Å²) < 4.78 is 7.20. The van der Waals surface area contributed by atoms with Gasteiger partial charge in [0.2, 0.25) is 0 Å². The maximum atomic E-state index is 11.1. The van der Waals surface area contributed by atoms with Crippen molar-refractivity contribution in [1.29, 1.82) is 0 Å². The molecule has 1 unspecified atom stereocenters. The van der Waals surface area contributed by atoms with Crippen molar-refractivity contribution >= 4 is 23.2 Å². The van der Waals surface area contributed by atoms with E-state index >= 15 is 0 Å². The van der Waals surface area contributed by atoms with E-state index in [-0.39, 0.29) is 13.2 Å². The minimum Gasteiger partial charge on any atom is -0.489 e. The van der Waals surface area contributed by atoms with E-state index < -0.39 is 11.0 Å². The fourth-order valence-corrected chi connectivity index (χ4v) is 2.39. The van der Waals surface area contributed by atoms with Crippen LogP contribution in [0.2, 0.25) is 10.0 Å². The number of aromatic nitrogens is 3. The largest absolute Gasteiger partial charge is 0.489 e. The van der Waals surface area contributed by atoms with Gasteiger partial charge in [0.05, 0.1) is 17.0 Å². The molecule has 2 aromatic rings. The van der Waals surface area contributed by atoms with Gasteiger partial charge < -0.3 is 9.84 Å². The second kappa shape index (κ2) is 6.79. The van der Waals surface area contributed by atoms with Crippen molar-refractivity contribution in [2.45, 2.75) is 26.0 Å². The molecule has 1 aromatic carbocycles. The summed E-state index contributed by atoms with van der Waals surface area (Å²) in [6.07, 6.45) is 8.48. The molecule has 1 atom stereocenters. The van der Waals surface area contributed by atoms with E-state index in [4.69, 9.17) is 34.4 Å². The number of terminal acetylenes is 1. The van der Waals surface area contributed by atoms with Crippen molar-refractivity contribution in [2.75, 3.05) is 6.61 Å². The van der Waals surface area contributed by atoms with Gasteiger partial charge in [-0.05, 0) is 32.0 Å². The van der Waals surface area contributed by atoms with Crippen LogP contribution in [-0.4, -0.2) is 32.1 Å². The topological polar surface area (TPSA) is 60.2 Å². The molecule has 23 heavy (non-hydrogen) atoms. The molecule has 1 heterocycles. The standard InChI is InChI=1S/C16H17Cl2N3O2/c1-4-15(2,3)16(22,8-21-11-19-10-20-21)9-23-14-6-5-12(17)7-13(14)18/h1,5-7,10-11,22H,8-9H2,2-3H3. The van der Waals surface area contributed by atoms with Crippen molar-refractivity contribution in [3.8, 4) is 18.1 Å². The minimum atomic E-state index is -1.38. The van der Waals surface area contributed by atoms with Gasteiger partial charge in [-0.15, -0.1) is 6.42 Å². The Balaban J connectivity index is 2.23. The van der Waals surface area contributed by atoms with Crippen LogP contribution in [0.15, 0.2) is 30.9 Å². The summed E-state index contributed by atoms with van der Waals surface area (Å²) in [5.74, 6) is 3.03. The first-order valence-corrected chi connectivity index (χ1v) is 7.63. The summed E-state index contributed by atoms with van der Waals surface area (Å²) in [5.41, 5.74) is -2.24. The lowest BCUT2D eigenvalue weighted by Gasteiger charge is -2.38. The SMILES string of the molecule is C#CC(C)(C)C(O)(COc1ccc(Cl)cc1Cl)Cn1cncn1. The summed E-state index contributed by atoms with van der Waals surface area (Å²) in [6, 6.07) is 4.87. The molecule has 0 spiro atoms. The molecule has 0 radical (unpaired) electrons. The molecular formula is C16H17Cl2N3O2. The van der Waals surface area contributed by atoms with Gasteiger partial charge in [0.1, 0.15) is 30.6 Å². The summed E-state index contributed by atoms with van der Waals surface area (Å²) in [6.45, 7) is 3.59. The van der Waals surface area contributed by atoms with E-state index in [0.29, 0.717) is 15.8 Å². The lowest BCUT2D eigenvalue weighted by molar-refractivity contribution is -0.0849. The van der Waals surface area contributed by atoms with Crippen LogP contribution < -0.4 is 4.74 Å². The van der Waals surface area contributed by atoms with Crippen LogP contribution in [0.5, 0.6) is 5.75 Å². The number of rotatable bonds is 6. The van der Waals surface area contributed by atoms with Gasteiger partial charge in [0.25, 0.3) is 0 Å². The smallest absolute Gasteiger partial charge is 0.138 e. The van der Waals surface area contributed by atoms with E-state index in [2.05, 4.69) is 16.0 Å². The molecule has 0 aliphatic heterocycles. The molecule has 1 aromatic heterocycles. The maximum Gasteiger partial charge on any atom is 0.138 e. The summed E-state index contributed by atoms with van der Waals surface area (Å²) in [5, 5.41) is 16.0. The van der Waals surface area contributed by atoms with Gasteiger partial charge in [-0.3, -0.25) is 0 Å². The van der Waals surface area contributed by atoms with Crippen molar-refractivity contribution < 1.29 is 9.84 Å². The Morgan fingerprint density at radius 3 is 2.70 bits per heavy atom. The lowest BCUT2D eigenvalue weighted by Crippen LogP contribution is -2.52. The van der Waals surface area contributed by atoms with E-state index in [1.54, 1.807) is 32.0 Å². The predicted octanol–water partition coefficient (Wildman–Crippen LogP) is 3.05. The number of hydrogen-bond acceptors (Lipinski definition) is 4. The third-order valence-corrected chi connectivity index (χ3v) is 4.31. The van der Waals surface area contributed by atoms with Gasteiger partial charge in [0.15, 0.2) is 0 Å². The normalized spacial score (nSPS) is 14.1. The Labute approximate surface area is 145 Å². The third kappa shape index (κ3) is 3.97. The highest BCUT2D eigenvalue weighted by Gasteiger charge is 2.44. The Morgan fingerprint density at radius 1 is 1.39 bits per heavy atom. The zero-order valence-corrected chi connectivity index (χ0v) is 14.3. The van der Waals surface area contributed by atoms with Crippen LogP contribution >= 0.6 is 23.2 Å². The molecular weight excluding hydrogens is 337 g/mol. The number of ether oxygens (including phenoxy) is 1. The average Bonchev–Trinajstić information content (AvgIpc) is 2.99. The molecule has 2 rings (SSSR count). The van der Waals surface area contributed by atoms with Gasteiger partial charge >= 0.3 is 0 Å². The molecule has 5 nitrogen and oxygen atoms in total. The summed E-state index contributed by atoms with van der Waals surface area (Å²) in [7, 11) is 0. The van der Waals surface area contributed by atoms with Crippen LogP contribution in [0.3, 0.4) is 0 Å². The van der Waals surface area contributed by atoms with Crippen LogP contribution in [0.1, 0.15) is 13.8 Å². The minimum absolute atomic E-state index is 0.0641. The first-order valence-electron chi connectivity index (χ1n) is 6.88. The van der Waals surface area contributed by atoms with Gasteiger partial charge in [-0.1, -0.05) is 29.1 Å². The maximum absolute atomic E-state index is 11.1. The molecule has 122 valence electrons. The molecule has 1 N–H and O–H groups in total. The number of hydrogen-bond donors (Lipinski definition) is 1. The zero-order valence-electron chi connectivity index (χ0n) is 12.8. The number of aliphatic hydroxyl groups is 1. The Morgan fingerprint density at radius 2 is 2.13 bits per heavy atom. The highest BCUT2D eigenvalue weighted by Crippen LogP contribution is 2.34. The fourth-order valence-electron chi connectivity index (χ4n) is 1.93. The first kappa shape index (κ1) is 17.6. The molecule has 0 bridgehead atoms. The third-order valence-electron chi connectivity index (χ3n) is 3.77. The lowest BCUT2D eigenvalue weighted by atomic mass is 9.75. The molecule has 0 saturated heterocycles. The quantitative estimate of drug-likeness (QED) is 0.810. The van der Waals surface area contributed by atoms with Gasteiger partial charge in [0, 0.05) is 5.02 Å². The van der Waals surface area contributed by atoms with E-state index in [1.165, 1.54) is 17.3 Å². The zero-order chi connectivity index (χ0) is 17.1. The van der Waals surface area contributed by atoms with Crippen molar-refractivity contribution in [3.05, 3.63) is 40.9 Å². The highest BCUT2D eigenvalue weighted by atomic mass is 35.5. The monoisotopic (exact) mass is 353 g/mol. The molecule has 0 saturated carbocycles. The van der Waals surface area contributed by atoms with Crippen molar-refractivity contribution in [2.24, 2.45) is 5.41 Å². The van der Waals surface area contributed by atoms with Crippen molar-refractivity contribution in [1.82, 2.24) is 14.8 Å². The van der Waals surface area contributed by atoms with E-state index in [9.17, 15) is 5.11 Å². The fraction of sp³-hybridized carbons (Fsp3) is 0.375. The number of halogens is 2. The summed E-state index contributed by atoms with van der Waals surface area (Å²) >= 11 is 12.0. The van der Waals surface area contributed by atoms with E-state index in [1.807, 2.05) is 0 Å². The van der Waals surface area contributed by atoms with Crippen LogP contribution in [0, 0.1) is 17.8 Å². The highest BCUT2D eigenvalue weighted by molar-refractivity contribution is 6.35. The number of nitrogens with zero attached hydrogens (tertiary/aromatic N) is 3. The van der Waals surface area contributed by atoms with Crippen LogP contribution in [-0.2, 0) is 6.54 Å². The molecule has 0 aliphatic carbocycles.